The second-order valence-corrected chi connectivity index (χ2v) is 4.31. The Morgan fingerprint density at radius 1 is 1.38 bits per heavy atom. The van der Waals surface area contributed by atoms with Gasteiger partial charge in [0, 0.05) is 20.7 Å². The van der Waals surface area contributed by atoms with E-state index in [1.165, 1.54) is 6.42 Å². The molecule has 1 aliphatic carbocycles. The Hall–Kier alpha value is -1.29. The topological polar surface area (TPSA) is 46.2 Å². The molecule has 0 aromatic carbocycles. The molecule has 4 heteroatoms. The highest BCUT2D eigenvalue weighted by molar-refractivity contribution is 5.53. The number of hydrogen-bond donors (Lipinski definition) is 2. The fourth-order valence-electron chi connectivity index (χ4n) is 1.96. The van der Waals surface area contributed by atoms with Crippen LogP contribution < -0.4 is 10.6 Å². The Bertz CT molecular complexity index is 344. The van der Waals surface area contributed by atoms with Gasteiger partial charge in [-0.05, 0) is 25.3 Å². The van der Waals surface area contributed by atoms with Crippen molar-refractivity contribution in [2.24, 2.45) is 0 Å². The standard InChI is InChI=1S/C12H19N3O/c1-13-10-6-11(8-14-7-10)15-9-12(16-2)4-3-5-12/h6-8,13,15H,3-5,9H2,1-2H3. The summed E-state index contributed by atoms with van der Waals surface area (Å²) in [4.78, 5) is 4.16. The first kappa shape index (κ1) is 11.2. The van der Waals surface area contributed by atoms with E-state index in [9.17, 15) is 0 Å². The maximum atomic E-state index is 5.55. The van der Waals surface area contributed by atoms with E-state index in [0.29, 0.717) is 0 Å². The van der Waals surface area contributed by atoms with Gasteiger partial charge in [-0.25, -0.2) is 0 Å². The zero-order chi connectivity index (χ0) is 11.4. The third-order valence-corrected chi connectivity index (χ3v) is 3.34. The third kappa shape index (κ3) is 2.27. The molecule has 0 bridgehead atoms. The zero-order valence-corrected chi connectivity index (χ0v) is 9.92. The predicted molar refractivity (Wildman–Crippen MR) is 65.9 cm³/mol. The number of methoxy groups -OCH3 is 1. The minimum absolute atomic E-state index is 0.0512. The van der Waals surface area contributed by atoms with Crippen LogP contribution in [0, 0.1) is 0 Å². The number of nitrogens with one attached hydrogen (secondary N) is 2. The van der Waals surface area contributed by atoms with Gasteiger partial charge in [0.25, 0.3) is 0 Å². The number of aromatic nitrogens is 1. The Morgan fingerprint density at radius 3 is 2.69 bits per heavy atom. The summed E-state index contributed by atoms with van der Waals surface area (Å²) >= 11 is 0. The molecular formula is C12H19N3O. The SMILES string of the molecule is CNc1cncc(NCC2(OC)CCC2)c1. The van der Waals surface area contributed by atoms with E-state index in [0.717, 1.165) is 30.8 Å². The van der Waals surface area contributed by atoms with E-state index in [1.54, 1.807) is 13.3 Å². The van der Waals surface area contributed by atoms with Gasteiger partial charge >= 0.3 is 0 Å². The van der Waals surface area contributed by atoms with Gasteiger partial charge in [0.2, 0.25) is 0 Å². The van der Waals surface area contributed by atoms with Crippen molar-refractivity contribution in [1.29, 1.82) is 0 Å². The summed E-state index contributed by atoms with van der Waals surface area (Å²) in [6, 6.07) is 2.05. The number of hydrogen-bond acceptors (Lipinski definition) is 4. The number of ether oxygens (including phenoxy) is 1. The molecule has 0 radical (unpaired) electrons. The van der Waals surface area contributed by atoms with Gasteiger partial charge < -0.3 is 15.4 Å². The van der Waals surface area contributed by atoms with Crippen LogP contribution in [-0.4, -0.2) is 31.3 Å². The van der Waals surface area contributed by atoms with Gasteiger partial charge in [-0.2, -0.15) is 0 Å². The van der Waals surface area contributed by atoms with Gasteiger partial charge in [-0.3, -0.25) is 4.98 Å². The lowest BCUT2D eigenvalue weighted by atomic mass is 9.80. The lowest BCUT2D eigenvalue weighted by Crippen LogP contribution is -2.45. The van der Waals surface area contributed by atoms with Crippen LogP contribution in [0.3, 0.4) is 0 Å². The molecule has 16 heavy (non-hydrogen) atoms. The first-order chi connectivity index (χ1) is 7.78. The maximum absolute atomic E-state index is 5.55. The van der Waals surface area contributed by atoms with E-state index < -0.39 is 0 Å². The lowest BCUT2D eigenvalue weighted by Gasteiger charge is -2.40. The van der Waals surface area contributed by atoms with E-state index in [-0.39, 0.29) is 5.60 Å². The normalized spacial score (nSPS) is 17.6. The summed E-state index contributed by atoms with van der Waals surface area (Å²) in [5.74, 6) is 0. The van der Waals surface area contributed by atoms with Gasteiger partial charge in [0.15, 0.2) is 0 Å². The Labute approximate surface area is 96.4 Å². The minimum atomic E-state index is 0.0512. The highest BCUT2D eigenvalue weighted by Gasteiger charge is 2.36. The van der Waals surface area contributed by atoms with Crippen molar-refractivity contribution in [2.45, 2.75) is 24.9 Å². The molecule has 1 heterocycles. The largest absolute Gasteiger partial charge is 0.387 e. The summed E-state index contributed by atoms with van der Waals surface area (Å²) < 4.78 is 5.55. The van der Waals surface area contributed by atoms with Crippen LogP contribution in [0.25, 0.3) is 0 Å². The zero-order valence-electron chi connectivity index (χ0n) is 9.92. The van der Waals surface area contributed by atoms with Crippen molar-refractivity contribution in [3.05, 3.63) is 18.5 Å². The van der Waals surface area contributed by atoms with Crippen LogP contribution >= 0.6 is 0 Å². The van der Waals surface area contributed by atoms with E-state index in [2.05, 4.69) is 21.7 Å². The first-order valence-electron chi connectivity index (χ1n) is 5.70. The summed E-state index contributed by atoms with van der Waals surface area (Å²) in [5, 5.41) is 6.46. The molecule has 1 aromatic rings. The van der Waals surface area contributed by atoms with E-state index in [4.69, 9.17) is 4.74 Å². The maximum Gasteiger partial charge on any atom is 0.0850 e. The fraction of sp³-hybridized carbons (Fsp3) is 0.583. The van der Waals surface area contributed by atoms with Crippen molar-refractivity contribution in [2.75, 3.05) is 31.3 Å². The number of nitrogens with zero attached hydrogens (tertiary/aromatic N) is 1. The molecule has 1 aliphatic rings. The first-order valence-corrected chi connectivity index (χ1v) is 5.70. The van der Waals surface area contributed by atoms with Crippen molar-refractivity contribution in [3.8, 4) is 0 Å². The quantitative estimate of drug-likeness (QED) is 0.799. The summed E-state index contributed by atoms with van der Waals surface area (Å²) in [6.07, 6.45) is 7.21. The van der Waals surface area contributed by atoms with Gasteiger partial charge in [-0.15, -0.1) is 0 Å². The van der Waals surface area contributed by atoms with Crippen LogP contribution in [-0.2, 0) is 4.74 Å². The lowest BCUT2D eigenvalue weighted by molar-refractivity contribution is -0.0601. The molecule has 0 aliphatic heterocycles. The van der Waals surface area contributed by atoms with E-state index >= 15 is 0 Å². The predicted octanol–water partition coefficient (Wildman–Crippen LogP) is 2.10. The molecule has 1 fully saturated rings. The van der Waals surface area contributed by atoms with E-state index in [1.807, 2.05) is 13.2 Å². The smallest absolute Gasteiger partial charge is 0.0850 e. The molecule has 2 rings (SSSR count). The molecule has 1 saturated carbocycles. The number of anilines is 2. The van der Waals surface area contributed by atoms with Crippen molar-refractivity contribution in [1.82, 2.24) is 4.98 Å². The molecule has 0 amide bonds. The van der Waals surface area contributed by atoms with Gasteiger partial charge in [0.1, 0.15) is 0 Å². The molecule has 2 N–H and O–H groups in total. The average Bonchev–Trinajstić information content (AvgIpc) is 2.29. The highest BCUT2D eigenvalue weighted by Crippen LogP contribution is 2.35. The third-order valence-electron chi connectivity index (χ3n) is 3.34. The van der Waals surface area contributed by atoms with Crippen molar-refractivity contribution >= 4 is 11.4 Å². The summed E-state index contributed by atoms with van der Waals surface area (Å²) in [6.45, 7) is 0.859. The number of rotatable bonds is 5. The molecule has 0 atom stereocenters. The molecule has 1 aromatic heterocycles. The Morgan fingerprint density at radius 2 is 2.12 bits per heavy atom. The number of pyridine rings is 1. The highest BCUT2D eigenvalue weighted by atomic mass is 16.5. The minimum Gasteiger partial charge on any atom is -0.387 e. The van der Waals surface area contributed by atoms with Crippen molar-refractivity contribution in [3.63, 3.8) is 0 Å². The molecular weight excluding hydrogens is 202 g/mol. The molecule has 88 valence electrons. The van der Waals surface area contributed by atoms with Crippen LogP contribution in [0.2, 0.25) is 0 Å². The van der Waals surface area contributed by atoms with Crippen molar-refractivity contribution < 1.29 is 4.74 Å². The molecule has 0 unspecified atom stereocenters. The van der Waals surface area contributed by atoms with Gasteiger partial charge in [0.05, 0.1) is 29.4 Å². The Balaban J connectivity index is 1.93. The summed E-state index contributed by atoms with van der Waals surface area (Å²) in [5.41, 5.74) is 2.11. The molecule has 0 spiro atoms. The van der Waals surface area contributed by atoms with Crippen LogP contribution in [0.5, 0.6) is 0 Å². The fourth-order valence-corrected chi connectivity index (χ4v) is 1.96. The van der Waals surface area contributed by atoms with Crippen LogP contribution in [0.15, 0.2) is 18.5 Å². The Kier molecular flexibility index (Phi) is 3.29. The molecule has 0 saturated heterocycles. The monoisotopic (exact) mass is 221 g/mol. The second kappa shape index (κ2) is 4.70. The average molecular weight is 221 g/mol. The van der Waals surface area contributed by atoms with Crippen LogP contribution in [0.4, 0.5) is 11.4 Å². The molecule has 4 nitrogen and oxygen atoms in total. The van der Waals surface area contributed by atoms with Crippen LogP contribution in [0.1, 0.15) is 19.3 Å². The van der Waals surface area contributed by atoms with Gasteiger partial charge in [-0.1, -0.05) is 0 Å². The summed E-state index contributed by atoms with van der Waals surface area (Å²) in [7, 11) is 3.69. The second-order valence-electron chi connectivity index (χ2n) is 4.31.